The minimum atomic E-state index is -3.85. The molecule has 0 aliphatic heterocycles. The quantitative estimate of drug-likeness (QED) is 0.698. The van der Waals surface area contributed by atoms with E-state index < -0.39 is 10.0 Å². The number of nitrogens with one attached hydrogen (secondary N) is 1. The molecule has 3 rings (SSSR count). The van der Waals surface area contributed by atoms with Crippen LogP contribution in [0.3, 0.4) is 0 Å². The largest absolute Gasteiger partial charge is 0.339 e. The minimum absolute atomic E-state index is 0.0595. The average molecular weight is 390 g/mol. The highest BCUT2D eigenvalue weighted by Gasteiger charge is 2.20. The maximum atomic E-state index is 12.8. The molecule has 136 valence electrons. The highest BCUT2D eigenvalue weighted by molar-refractivity contribution is 7.93. The Morgan fingerprint density at radius 1 is 1.12 bits per heavy atom. The summed E-state index contributed by atoms with van der Waals surface area (Å²) in [5, 5.41) is 0. The number of hydrogen-bond acceptors (Lipinski definition) is 6. The van der Waals surface area contributed by atoms with E-state index in [1.54, 1.807) is 35.2 Å². The van der Waals surface area contributed by atoms with Gasteiger partial charge in [-0.25, -0.2) is 8.42 Å². The van der Waals surface area contributed by atoms with Gasteiger partial charge in [0.15, 0.2) is 0 Å². The minimum Gasteiger partial charge on any atom is -0.339 e. The van der Waals surface area contributed by atoms with Crippen molar-refractivity contribution in [1.29, 1.82) is 0 Å². The number of sulfonamides is 1. The Kier molecular flexibility index (Phi) is 5.19. The van der Waals surface area contributed by atoms with E-state index in [0.717, 1.165) is 11.7 Å². The molecule has 1 N–H and O–H groups in total. The SMILES string of the molecule is CCN(CC)C(=O)c1cccc(NS(=O)(=O)c2cccc3nsnc23)c1. The van der Waals surface area contributed by atoms with Gasteiger partial charge in [0.25, 0.3) is 15.9 Å². The first-order chi connectivity index (χ1) is 12.5. The summed E-state index contributed by atoms with van der Waals surface area (Å²) in [5.41, 5.74) is 1.62. The lowest BCUT2D eigenvalue weighted by atomic mass is 10.2. The van der Waals surface area contributed by atoms with E-state index in [4.69, 9.17) is 0 Å². The average Bonchev–Trinajstić information content (AvgIpc) is 3.11. The topological polar surface area (TPSA) is 92.3 Å². The number of carbonyl (C=O) groups excluding carboxylic acids is 1. The van der Waals surface area contributed by atoms with E-state index in [1.165, 1.54) is 12.1 Å². The van der Waals surface area contributed by atoms with Gasteiger partial charge < -0.3 is 4.90 Å². The zero-order chi connectivity index (χ0) is 18.7. The molecule has 0 spiro atoms. The fourth-order valence-corrected chi connectivity index (χ4v) is 4.43. The molecule has 26 heavy (non-hydrogen) atoms. The van der Waals surface area contributed by atoms with Crippen LogP contribution in [0.1, 0.15) is 24.2 Å². The normalized spacial score (nSPS) is 11.5. The first-order valence-corrected chi connectivity index (χ1v) is 10.3. The Labute approximate surface area is 156 Å². The van der Waals surface area contributed by atoms with Crippen LogP contribution in [0.25, 0.3) is 11.0 Å². The van der Waals surface area contributed by atoms with Crippen LogP contribution in [0.2, 0.25) is 0 Å². The second-order valence-electron chi connectivity index (χ2n) is 5.55. The summed E-state index contributed by atoms with van der Waals surface area (Å²) in [5.74, 6) is -0.137. The number of rotatable bonds is 6. The Morgan fingerprint density at radius 2 is 1.85 bits per heavy atom. The second-order valence-corrected chi connectivity index (χ2v) is 7.73. The van der Waals surface area contributed by atoms with Crippen molar-refractivity contribution in [2.24, 2.45) is 0 Å². The number of fused-ring (bicyclic) bond motifs is 1. The number of anilines is 1. The van der Waals surface area contributed by atoms with Gasteiger partial charge in [-0.2, -0.15) is 8.75 Å². The van der Waals surface area contributed by atoms with Gasteiger partial charge in [-0.05, 0) is 44.2 Å². The van der Waals surface area contributed by atoms with Crippen LogP contribution in [-0.2, 0) is 10.0 Å². The molecule has 1 amide bonds. The first-order valence-electron chi connectivity index (χ1n) is 8.09. The molecule has 0 aliphatic rings. The van der Waals surface area contributed by atoms with Crippen molar-refractivity contribution < 1.29 is 13.2 Å². The fourth-order valence-electron chi connectivity index (χ4n) is 2.62. The highest BCUT2D eigenvalue weighted by atomic mass is 32.2. The third-order valence-electron chi connectivity index (χ3n) is 3.95. The van der Waals surface area contributed by atoms with Crippen molar-refractivity contribution in [3.63, 3.8) is 0 Å². The van der Waals surface area contributed by atoms with Crippen molar-refractivity contribution in [2.75, 3.05) is 17.8 Å². The van der Waals surface area contributed by atoms with Gasteiger partial charge in [0, 0.05) is 24.3 Å². The summed E-state index contributed by atoms with van der Waals surface area (Å²) in [6, 6.07) is 11.3. The lowest BCUT2D eigenvalue weighted by molar-refractivity contribution is 0.0773. The van der Waals surface area contributed by atoms with Crippen molar-refractivity contribution in [3.8, 4) is 0 Å². The number of aromatic nitrogens is 2. The number of hydrogen-bond donors (Lipinski definition) is 1. The number of carbonyl (C=O) groups is 1. The van der Waals surface area contributed by atoms with Gasteiger partial charge in [-0.3, -0.25) is 9.52 Å². The van der Waals surface area contributed by atoms with Crippen LogP contribution in [0, 0.1) is 0 Å². The molecule has 1 heterocycles. The van der Waals surface area contributed by atoms with E-state index in [2.05, 4.69) is 13.5 Å². The molecule has 1 aromatic heterocycles. The molecule has 0 unspecified atom stereocenters. The summed E-state index contributed by atoms with van der Waals surface area (Å²) in [6.07, 6.45) is 0. The van der Waals surface area contributed by atoms with E-state index >= 15 is 0 Å². The molecule has 3 aromatic rings. The zero-order valence-electron chi connectivity index (χ0n) is 14.3. The van der Waals surface area contributed by atoms with Crippen molar-refractivity contribution >= 4 is 44.4 Å². The van der Waals surface area contributed by atoms with Crippen LogP contribution in [0.4, 0.5) is 5.69 Å². The second kappa shape index (κ2) is 7.38. The van der Waals surface area contributed by atoms with E-state index in [0.29, 0.717) is 35.4 Å². The Balaban J connectivity index is 1.92. The van der Waals surface area contributed by atoms with Crippen LogP contribution >= 0.6 is 11.7 Å². The van der Waals surface area contributed by atoms with Gasteiger partial charge in [-0.1, -0.05) is 12.1 Å². The van der Waals surface area contributed by atoms with Crippen LogP contribution < -0.4 is 4.72 Å². The summed E-state index contributed by atoms with van der Waals surface area (Å²) in [7, 11) is -3.85. The monoisotopic (exact) mass is 390 g/mol. The van der Waals surface area contributed by atoms with Crippen molar-refractivity contribution in [2.45, 2.75) is 18.7 Å². The molecule has 0 saturated carbocycles. The molecule has 0 bridgehead atoms. The van der Waals surface area contributed by atoms with Crippen LogP contribution in [-0.4, -0.2) is 41.1 Å². The van der Waals surface area contributed by atoms with Gasteiger partial charge in [0.2, 0.25) is 0 Å². The standard InChI is InChI=1S/C17H18N4O3S2/c1-3-21(4-2)17(22)12-7-5-8-13(11-12)20-26(23,24)15-10-6-9-14-16(15)19-25-18-14/h5-11,20H,3-4H2,1-2H3. The maximum absolute atomic E-state index is 12.8. The summed E-state index contributed by atoms with van der Waals surface area (Å²) < 4.78 is 36.2. The van der Waals surface area contributed by atoms with Crippen molar-refractivity contribution in [3.05, 3.63) is 48.0 Å². The van der Waals surface area contributed by atoms with E-state index in [9.17, 15) is 13.2 Å². The van der Waals surface area contributed by atoms with Gasteiger partial charge in [0.05, 0.1) is 11.7 Å². The van der Waals surface area contributed by atoms with E-state index in [1.807, 2.05) is 13.8 Å². The molecule has 0 atom stereocenters. The predicted molar refractivity (Wildman–Crippen MR) is 102 cm³/mol. The number of amides is 1. The predicted octanol–water partition coefficient (Wildman–Crippen LogP) is 2.97. The maximum Gasteiger partial charge on any atom is 0.264 e. The van der Waals surface area contributed by atoms with Crippen LogP contribution in [0.5, 0.6) is 0 Å². The molecule has 7 nitrogen and oxygen atoms in total. The van der Waals surface area contributed by atoms with Gasteiger partial charge >= 0.3 is 0 Å². The molecule has 0 fully saturated rings. The van der Waals surface area contributed by atoms with E-state index in [-0.39, 0.29) is 10.8 Å². The third kappa shape index (κ3) is 3.54. The highest BCUT2D eigenvalue weighted by Crippen LogP contribution is 2.24. The molecular formula is C17H18N4O3S2. The lowest BCUT2D eigenvalue weighted by Gasteiger charge is -2.19. The van der Waals surface area contributed by atoms with Crippen LogP contribution in [0.15, 0.2) is 47.4 Å². The Morgan fingerprint density at radius 3 is 2.58 bits per heavy atom. The molecule has 0 radical (unpaired) electrons. The summed E-state index contributed by atoms with van der Waals surface area (Å²) in [6.45, 7) is 4.97. The molecule has 0 aliphatic carbocycles. The zero-order valence-corrected chi connectivity index (χ0v) is 16.0. The summed E-state index contributed by atoms with van der Waals surface area (Å²) in [4.78, 5) is 14.2. The Bertz CT molecular complexity index is 1040. The Hall–Kier alpha value is -2.52. The van der Waals surface area contributed by atoms with Gasteiger partial charge in [-0.15, -0.1) is 0 Å². The lowest BCUT2D eigenvalue weighted by Crippen LogP contribution is -2.30. The van der Waals surface area contributed by atoms with Gasteiger partial charge in [0.1, 0.15) is 15.9 Å². The number of nitrogens with zero attached hydrogens (tertiary/aromatic N) is 3. The first kappa shape index (κ1) is 18.3. The third-order valence-corrected chi connectivity index (χ3v) is 5.91. The molecule has 2 aromatic carbocycles. The number of benzene rings is 2. The fraction of sp³-hybridized carbons (Fsp3) is 0.235. The summed E-state index contributed by atoms with van der Waals surface area (Å²) >= 11 is 0.962. The van der Waals surface area contributed by atoms with Crippen molar-refractivity contribution in [1.82, 2.24) is 13.6 Å². The molecule has 9 heteroatoms. The molecular weight excluding hydrogens is 372 g/mol. The molecule has 0 saturated heterocycles. The smallest absolute Gasteiger partial charge is 0.264 e.